The molecule has 2 heterocycles. The zero-order valence-electron chi connectivity index (χ0n) is 12.2. The quantitative estimate of drug-likeness (QED) is 0.708. The van der Waals surface area contributed by atoms with Crippen molar-refractivity contribution in [2.24, 2.45) is 0 Å². The van der Waals surface area contributed by atoms with Gasteiger partial charge in [-0.1, -0.05) is 12.1 Å². The molecule has 0 amide bonds. The van der Waals surface area contributed by atoms with Crippen molar-refractivity contribution in [1.82, 2.24) is 4.98 Å². The third kappa shape index (κ3) is 3.07. The van der Waals surface area contributed by atoms with Crippen LogP contribution >= 0.6 is 27.3 Å². The molecular formula is C17H12BrN3OS. The number of nitriles is 1. The van der Waals surface area contributed by atoms with Gasteiger partial charge < -0.3 is 10.5 Å². The maximum atomic E-state index is 9.41. The highest BCUT2D eigenvalue weighted by Crippen LogP contribution is 2.37. The summed E-state index contributed by atoms with van der Waals surface area (Å²) in [5, 5.41) is 9.41. The van der Waals surface area contributed by atoms with Gasteiger partial charge in [0.05, 0.1) is 16.6 Å². The van der Waals surface area contributed by atoms with Crippen molar-refractivity contribution >= 4 is 33.1 Å². The van der Waals surface area contributed by atoms with Crippen LogP contribution < -0.4 is 10.5 Å². The van der Waals surface area contributed by atoms with E-state index in [0.29, 0.717) is 11.3 Å². The molecule has 0 bridgehead atoms. The minimum Gasteiger partial charge on any atom is -0.497 e. The third-order valence-electron chi connectivity index (χ3n) is 3.36. The first-order valence-corrected chi connectivity index (χ1v) is 8.34. The highest BCUT2D eigenvalue weighted by Gasteiger charge is 2.15. The van der Waals surface area contributed by atoms with E-state index in [1.165, 1.54) is 0 Å². The smallest absolute Gasteiger partial charge is 0.142 e. The number of anilines is 1. The maximum absolute atomic E-state index is 9.41. The molecule has 0 unspecified atom stereocenters. The van der Waals surface area contributed by atoms with Crippen molar-refractivity contribution in [1.29, 1.82) is 5.26 Å². The Morgan fingerprint density at radius 1 is 1.26 bits per heavy atom. The van der Waals surface area contributed by atoms with Gasteiger partial charge in [0.25, 0.3) is 0 Å². The standard InChI is InChI=1S/C17H12BrN3OS/c1-22-11-4-2-3-10(7-11)14-8-12(13(9-19)17(20)21-14)15-5-6-16(18)23-15/h2-8H,1H3,(H2,20,21). The lowest BCUT2D eigenvalue weighted by atomic mass is 10.0. The summed E-state index contributed by atoms with van der Waals surface area (Å²) in [5.74, 6) is 0.972. The Hall–Kier alpha value is -2.36. The van der Waals surface area contributed by atoms with E-state index in [9.17, 15) is 5.26 Å². The van der Waals surface area contributed by atoms with E-state index in [0.717, 1.165) is 25.5 Å². The minimum atomic E-state index is 0.229. The zero-order chi connectivity index (χ0) is 16.4. The van der Waals surface area contributed by atoms with Gasteiger partial charge in [-0.15, -0.1) is 11.3 Å². The first-order valence-electron chi connectivity index (χ1n) is 6.73. The Kier molecular flexibility index (Phi) is 4.33. The fourth-order valence-corrected chi connectivity index (χ4v) is 3.67. The van der Waals surface area contributed by atoms with Crippen molar-refractivity contribution in [2.75, 3.05) is 12.8 Å². The molecule has 2 N–H and O–H groups in total. The Balaban J connectivity index is 2.20. The van der Waals surface area contributed by atoms with E-state index in [4.69, 9.17) is 10.5 Å². The number of nitrogens with two attached hydrogens (primary N) is 1. The number of ether oxygens (including phenoxy) is 1. The lowest BCUT2D eigenvalue weighted by Gasteiger charge is -2.09. The molecule has 0 aliphatic carbocycles. The summed E-state index contributed by atoms with van der Waals surface area (Å²) in [6.45, 7) is 0. The van der Waals surface area contributed by atoms with Gasteiger partial charge >= 0.3 is 0 Å². The van der Waals surface area contributed by atoms with Crippen LogP contribution in [-0.2, 0) is 0 Å². The van der Waals surface area contributed by atoms with Gasteiger partial charge in [0, 0.05) is 16.0 Å². The van der Waals surface area contributed by atoms with Crippen LogP contribution in [0.4, 0.5) is 5.82 Å². The predicted octanol–water partition coefficient (Wildman–Crippen LogP) is 4.70. The van der Waals surface area contributed by atoms with Crippen molar-refractivity contribution in [3.63, 3.8) is 0 Å². The molecule has 3 aromatic rings. The van der Waals surface area contributed by atoms with E-state index in [1.807, 2.05) is 42.5 Å². The lowest BCUT2D eigenvalue weighted by molar-refractivity contribution is 0.415. The molecule has 0 fully saturated rings. The van der Waals surface area contributed by atoms with Crippen LogP contribution in [0, 0.1) is 11.3 Å². The molecule has 4 nitrogen and oxygen atoms in total. The molecular weight excluding hydrogens is 374 g/mol. The first kappa shape index (κ1) is 15.5. The SMILES string of the molecule is COc1cccc(-c2cc(-c3ccc(Br)s3)c(C#N)c(N)n2)c1. The van der Waals surface area contributed by atoms with Crippen LogP contribution in [-0.4, -0.2) is 12.1 Å². The normalized spacial score (nSPS) is 10.3. The van der Waals surface area contributed by atoms with Crippen LogP contribution in [0.1, 0.15) is 5.56 Å². The second-order valence-corrected chi connectivity index (χ2v) is 7.23. The second kappa shape index (κ2) is 6.41. The molecule has 23 heavy (non-hydrogen) atoms. The van der Waals surface area contributed by atoms with Crippen LogP contribution in [0.25, 0.3) is 21.7 Å². The average Bonchev–Trinajstić information content (AvgIpc) is 3.00. The summed E-state index contributed by atoms with van der Waals surface area (Å²) < 4.78 is 6.25. The molecule has 114 valence electrons. The number of rotatable bonds is 3. The number of hydrogen-bond acceptors (Lipinski definition) is 5. The second-order valence-electron chi connectivity index (χ2n) is 4.76. The summed E-state index contributed by atoms with van der Waals surface area (Å²) in [4.78, 5) is 5.34. The number of hydrogen-bond donors (Lipinski definition) is 1. The number of nitrogens with zero attached hydrogens (tertiary/aromatic N) is 2. The Labute approximate surface area is 146 Å². The van der Waals surface area contributed by atoms with Gasteiger partial charge in [0.1, 0.15) is 23.2 Å². The maximum Gasteiger partial charge on any atom is 0.142 e. The minimum absolute atomic E-state index is 0.229. The van der Waals surface area contributed by atoms with Gasteiger partial charge in [-0.05, 0) is 46.3 Å². The zero-order valence-corrected chi connectivity index (χ0v) is 14.6. The Bertz CT molecular complexity index is 914. The molecule has 0 atom stereocenters. The van der Waals surface area contributed by atoms with E-state index < -0.39 is 0 Å². The van der Waals surface area contributed by atoms with Crippen molar-refractivity contribution < 1.29 is 4.74 Å². The third-order valence-corrected chi connectivity index (χ3v) is 5.02. The highest BCUT2D eigenvalue weighted by molar-refractivity contribution is 9.11. The van der Waals surface area contributed by atoms with Crippen LogP contribution in [0.3, 0.4) is 0 Å². The number of nitrogen functional groups attached to an aromatic ring is 1. The number of pyridine rings is 1. The number of aromatic nitrogens is 1. The monoisotopic (exact) mass is 385 g/mol. The molecule has 6 heteroatoms. The fourth-order valence-electron chi connectivity index (χ4n) is 2.27. The summed E-state index contributed by atoms with van der Waals surface area (Å²) in [6, 6.07) is 15.5. The predicted molar refractivity (Wildman–Crippen MR) is 96.4 cm³/mol. The van der Waals surface area contributed by atoms with Gasteiger partial charge in [-0.2, -0.15) is 5.26 Å². The average molecular weight is 386 g/mol. The Morgan fingerprint density at radius 2 is 2.09 bits per heavy atom. The summed E-state index contributed by atoms with van der Waals surface area (Å²) in [7, 11) is 1.62. The van der Waals surface area contributed by atoms with E-state index in [-0.39, 0.29) is 5.82 Å². The molecule has 0 aliphatic heterocycles. The van der Waals surface area contributed by atoms with Crippen LogP contribution in [0.2, 0.25) is 0 Å². The fraction of sp³-hybridized carbons (Fsp3) is 0.0588. The molecule has 0 aliphatic rings. The summed E-state index contributed by atoms with van der Waals surface area (Å²) >= 11 is 5.00. The van der Waals surface area contributed by atoms with E-state index in [1.54, 1.807) is 18.4 Å². The number of halogens is 1. The van der Waals surface area contributed by atoms with E-state index in [2.05, 4.69) is 27.0 Å². The van der Waals surface area contributed by atoms with Crippen molar-refractivity contribution in [3.8, 4) is 33.5 Å². The number of thiophene rings is 1. The van der Waals surface area contributed by atoms with Crippen molar-refractivity contribution in [2.45, 2.75) is 0 Å². The summed E-state index contributed by atoms with van der Waals surface area (Å²) in [5.41, 5.74) is 8.79. The molecule has 0 radical (unpaired) electrons. The van der Waals surface area contributed by atoms with Crippen molar-refractivity contribution in [3.05, 3.63) is 51.8 Å². The lowest BCUT2D eigenvalue weighted by Crippen LogP contribution is -1.99. The summed E-state index contributed by atoms with van der Waals surface area (Å²) in [6.07, 6.45) is 0. The number of benzene rings is 1. The largest absolute Gasteiger partial charge is 0.497 e. The molecule has 0 spiro atoms. The topological polar surface area (TPSA) is 71.9 Å². The van der Waals surface area contributed by atoms with E-state index >= 15 is 0 Å². The van der Waals surface area contributed by atoms with Gasteiger partial charge in [-0.25, -0.2) is 4.98 Å². The van der Waals surface area contributed by atoms with Gasteiger partial charge in [0.2, 0.25) is 0 Å². The van der Waals surface area contributed by atoms with Crippen LogP contribution in [0.15, 0.2) is 46.3 Å². The molecule has 0 saturated heterocycles. The Morgan fingerprint density at radius 3 is 2.74 bits per heavy atom. The highest BCUT2D eigenvalue weighted by atomic mass is 79.9. The molecule has 0 saturated carbocycles. The molecule has 1 aromatic carbocycles. The van der Waals surface area contributed by atoms with Crippen LogP contribution in [0.5, 0.6) is 5.75 Å². The first-order chi connectivity index (χ1) is 11.1. The van der Waals surface area contributed by atoms with Gasteiger partial charge in [-0.3, -0.25) is 0 Å². The van der Waals surface area contributed by atoms with Gasteiger partial charge in [0.15, 0.2) is 0 Å². The molecule has 3 rings (SSSR count). The number of methoxy groups -OCH3 is 1. The molecule has 2 aromatic heterocycles.